The number of halogens is 2. The van der Waals surface area contributed by atoms with Gasteiger partial charge in [0.1, 0.15) is 6.04 Å². The highest BCUT2D eigenvalue weighted by Crippen LogP contribution is 2.30. The fourth-order valence-electron chi connectivity index (χ4n) is 2.38. The van der Waals surface area contributed by atoms with Crippen LogP contribution in [0, 0.1) is 0 Å². The minimum Gasteiger partial charge on any atom is -0.373 e. The second kappa shape index (κ2) is 6.10. The Hall–Kier alpha value is -1.85. The first kappa shape index (κ1) is 15.1. The number of amides is 2. The molecule has 4 nitrogen and oxygen atoms in total. The van der Waals surface area contributed by atoms with Crippen LogP contribution in [-0.2, 0) is 9.59 Å². The van der Waals surface area contributed by atoms with Gasteiger partial charge in [0.25, 0.3) is 5.91 Å². The highest BCUT2D eigenvalue weighted by Gasteiger charge is 2.40. The standard InChI is InChI=1S/C16H12BrClN2O2/c17-10-5-7-11(8-6-10)19-13-9-15(21)20(16(13)22)14-4-2-1-3-12(14)18/h1-8,13,19H,9H2. The molecule has 1 heterocycles. The van der Waals surface area contributed by atoms with Crippen LogP contribution in [0.25, 0.3) is 0 Å². The van der Waals surface area contributed by atoms with Crippen molar-refractivity contribution < 1.29 is 9.59 Å². The van der Waals surface area contributed by atoms with Crippen LogP contribution in [-0.4, -0.2) is 17.9 Å². The molecule has 3 rings (SSSR count). The Balaban J connectivity index is 1.82. The smallest absolute Gasteiger partial charge is 0.256 e. The zero-order valence-electron chi connectivity index (χ0n) is 11.4. The first-order chi connectivity index (χ1) is 10.6. The van der Waals surface area contributed by atoms with Crippen LogP contribution in [0.5, 0.6) is 0 Å². The molecule has 22 heavy (non-hydrogen) atoms. The van der Waals surface area contributed by atoms with Crippen LogP contribution in [0.3, 0.4) is 0 Å². The number of nitrogens with zero attached hydrogens (tertiary/aromatic N) is 1. The molecular weight excluding hydrogens is 368 g/mol. The molecule has 1 unspecified atom stereocenters. The number of para-hydroxylation sites is 1. The maximum atomic E-state index is 12.5. The molecule has 0 spiro atoms. The first-order valence-electron chi connectivity index (χ1n) is 6.69. The second-order valence-corrected chi connectivity index (χ2v) is 6.25. The predicted molar refractivity (Wildman–Crippen MR) is 90.1 cm³/mol. The molecule has 0 bridgehead atoms. The molecular formula is C16H12BrClN2O2. The quantitative estimate of drug-likeness (QED) is 0.824. The molecule has 1 fully saturated rings. The summed E-state index contributed by atoms with van der Waals surface area (Å²) in [5, 5.41) is 3.47. The van der Waals surface area contributed by atoms with Crippen molar-refractivity contribution in [2.45, 2.75) is 12.5 Å². The number of carbonyl (C=O) groups excluding carboxylic acids is 2. The lowest BCUT2D eigenvalue weighted by Crippen LogP contribution is -2.34. The molecule has 2 aromatic rings. The maximum absolute atomic E-state index is 12.5. The Morgan fingerprint density at radius 1 is 1.09 bits per heavy atom. The molecule has 1 atom stereocenters. The summed E-state index contributed by atoms with van der Waals surface area (Å²) in [5.74, 6) is -0.547. The molecule has 2 amide bonds. The minimum atomic E-state index is -0.579. The van der Waals surface area contributed by atoms with Crippen LogP contribution in [0.4, 0.5) is 11.4 Å². The molecule has 1 N–H and O–H groups in total. The molecule has 2 aromatic carbocycles. The van der Waals surface area contributed by atoms with Crippen LogP contribution in [0.15, 0.2) is 53.0 Å². The topological polar surface area (TPSA) is 49.4 Å². The largest absolute Gasteiger partial charge is 0.373 e. The third-order valence-corrected chi connectivity index (χ3v) is 4.27. The summed E-state index contributed by atoms with van der Waals surface area (Å²) in [7, 11) is 0. The summed E-state index contributed by atoms with van der Waals surface area (Å²) in [6.07, 6.45) is 0.111. The number of rotatable bonds is 3. The van der Waals surface area contributed by atoms with E-state index in [9.17, 15) is 9.59 Å². The average Bonchev–Trinajstić information content (AvgIpc) is 2.77. The molecule has 1 saturated heterocycles. The maximum Gasteiger partial charge on any atom is 0.256 e. The van der Waals surface area contributed by atoms with Crippen molar-refractivity contribution in [3.63, 3.8) is 0 Å². The summed E-state index contributed by atoms with van der Waals surface area (Å²) in [6.45, 7) is 0. The van der Waals surface area contributed by atoms with E-state index in [1.165, 1.54) is 0 Å². The highest BCUT2D eigenvalue weighted by atomic mass is 79.9. The molecule has 0 saturated carbocycles. The van der Waals surface area contributed by atoms with Gasteiger partial charge in [-0.2, -0.15) is 0 Å². The van der Waals surface area contributed by atoms with Gasteiger partial charge < -0.3 is 5.32 Å². The van der Waals surface area contributed by atoms with E-state index >= 15 is 0 Å². The van der Waals surface area contributed by atoms with Crippen molar-refractivity contribution >= 4 is 50.7 Å². The van der Waals surface area contributed by atoms with Gasteiger partial charge in [0.2, 0.25) is 5.91 Å². The highest BCUT2D eigenvalue weighted by molar-refractivity contribution is 9.10. The van der Waals surface area contributed by atoms with Crippen molar-refractivity contribution in [1.29, 1.82) is 0 Å². The first-order valence-corrected chi connectivity index (χ1v) is 7.87. The normalized spacial score (nSPS) is 17.9. The lowest BCUT2D eigenvalue weighted by Gasteiger charge is -2.17. The third-order valence-electron chi connectivity index (χ3n) is 3.43. The second-order valence-electron chi connectivity index (χ2n) is 4.93. The number of hydrogen-bond donors (Lipinski definition) is 1. The van der Waals surface area contributed by atoms with Gasteiger partial charge in [-0.1, -0.05) is 39.7 Å². The van der Waals surface area contributed by atoms with Gasteiger partial charge >= 0.3 is 0 Å². The number of nitrogens with one attached hydrogen (secondary N) is 1. The zero-order chi connectivity index (χ0) is 15.7. The van der Waals surface area contributed by atoms with Gasteiger partial charge in [-0.25, -0.2) is 4.90 Å². The SMILES string of the molecule is O=C1CC(Nc2ccc(Br)cc2)C(=O)N1c1ccccc1Cl. The van der Waals surface area contributed by atoms with Crippen molar-refractivity contribution in [3.8, 4) is 0 Å². The summed E-state index contributed by atoms with van der Waals surface area (Å²) < 4.78 is 0.949. The van der Waals surface area contributed by atoms with E-state index in [4.69, 9.17) is 11.6 Å². The Kier molecular flexibility index (Phi) is 4.18. The van der Waals surface area contributed by atoms with Gasteiger partial charge in [-0.3, -0.25) is 9.59 Å². The molecule has 1 aliphatic heterocycles. The van der Waals surface area contributed by atoms with Gasteiger partial charge in [-0.15, -0.1) is 0 Å². The van der Waals surface area contributed by atoms with Gasteiger partial charge in [0.15, 0.2) is 0 Å². The molecule has 0 radical (unpaired) electrons. The van der Waals surface area contributed by atoms with E-state index in [1.54, 1.807) is 24.3 Å². The van der Waals surface area contributed by atoms with Gasteiger partial charge in [-0.05, 0) is 36.4 Å². The van der Waals surface area contributed by atoms with Crippen molar-refractivity contribution in [2.24, 2.45) is 0 Å². The van der Waals surface area contributed by atoms with Crippen molar-refractivity contribution in [3.05, 3.63) is 58.0 Å². The molecule has 112 valence electrons. The number of carbonyl (C=O) groups is 2. The molecule has 6 heteroatoms. The van der Waals surface area contributed by atoms with Crippen LogP contribution in [0.1, 0.15) is 6.42 Å². The number of imide groups is 1. The summed E-state index contributed by atoms with van der Waals surface area (Å²) in [5.41, 5.74) is 1.22. The van der Waals surface area contributed by atoms with Gasteiger partial charge in [0, 0.05) is 10.2 Å². The summed E-state index contributed by atoms with van der Waals surface area (Å²) in [6, 6.07) is 13.7. The lowest BCUT2D eigenvalue weighted by atomic mass is 10.2. The van der Waals surface area contributed by atoms with Crippen molar-refractivity contribution in [1.82, 2.24) is 0 Å². The monoisotopic (exact) mass is 378 g/mol. The average molecular weight is 380 g/mol. The minimum absolute atomic E-state index is 0.111. The van der Waals surface area contributed by atoms with E-state index in [0.717, 1.165) is 15.1 Å². The number of benzene rings is 2. The molecule has 1 aliphatic rings. The predicted octanol–water partition coefficient (Wildman–Crippen LogP) is 3.85. The van der Waals surface area contributed by atoms with E-state index in [-0.39, 0.29) is 18.2 Å². The van der Waals surface area contributed by atoms with Crippen LogP contribution in [0.2, 0.25) is 5.02 Å². The lowest BCUT2D eigenvalue weighted by molar-refractivity contribution is -0.121. The fraction of sp³-hybridized carbons (Fsp3) is 0.125. The third kappa shape index (κ3) is 2.87. The van der Waals surface area contributed by atoms with Crippen LogP contribution < -0.4 is 10.2 Å². The summed E-state index contributed by atoms with van der Waals surface area (Å²) >= 11 is 9.44. The van der Waals surface area contributed by atoms with Gasteiger partial charge in [0.05, 0.1) is 17.1 Å². The van der Waals surface area contributed by atoms with E-state index < -0.39 is 6.04 Å². The van der Waals surface area contributed by atoms with E-state index in [2.05, 4.69) is 21.2 Å². The fourth-order valence-corrected chi connectivity index (χ4v) is 2.86. The van der Waals surface area contributed by atoms with Crippen molar-refractivity contribution in [2.75, 3.05) is 10.2 Å². The van der Waals surface area contributed by atoms with E-state index in [1.807, 2.05) is 24.3 Å². The molecule has 0 aliphatic carbocycles. The Bertz CT molecular complexity index is 733. The Labute approximate surface area is 141 Å². The molecule has 0 aromatic heterocycles. The number of hydrogen-bond acceptors (Lipinski definition) is 3. The Morgan fingerprint density at radius 2 is 1.77 bits per heavy atom. The number of anilines is 2. The van der Waals surface area contributed by atoms with E-state index in [0.29, 0.717) is 10.7 Å². The van der Waals surface area contributed by atoms with Crippen LogP contribution >= 0.6 is 27.5 Å². The zero-order valence-corrected chi connectivity index (χ0v) is 13.8. The summed E-state index contributed by atoms with van der Waals surface area (Å²) in [4.78, 5) is 25.9. The Morgan fingerprint density at radius 3 is 2.45 bits per heavy atom.